The zero-order valence-electron chi connectivity index (χ0n) is 22.0. The van der Waals surface area contributed by atoms with Crippen molar-refractivity contribution in [1.29, 1.82) is 0 Å². The number of carbonyl (C=O) groups is 1. The molecule has 0 atom stereocenters. The molecule has 196 valence electrons. The largest absolute Gasteiger partial charge is 0.490 e. The van der Waals surface area contributed by atoms with E-state index in [2.05, 4.69) is 9.97 Å². The van der Waals surface area contributed by atoms with Gasteiger partial charge in [-0.25, -0.2) is 9.37 Å². The molecule has 0 bridgehead atoms. The highest BCUT2D eigenvalue weighted by molar-refractivity contribution is 6.01. The van der Waals surface area contributed by atoms with Gasteiger partial charge < -0.3 is 14.4 Å². The SMILES string of the molecule is Cc1nc2c(cc(-c3ccnc(-c4ccncc4)c3)n2C)c(-c2cc(F)c3c(c2C)CCCO3)c1CC(=O)O. The highest BCUT2D eigenvalue weighted by Gasteiger charge is 2.26. The van der Waals surface area contributed by atoms with Gasteiger partial charge in [0.15, 0.2) is 11.6 Å². The molecule has 0 unspecified atom stereocenters. The molecule has 1 aliphatic rings. The van der Waals surface area contributed by atoms with Gasteiger partial charge in [-0.3, -0.25) is 14.8 Å². The van der Waals surface area contributed by atoms with E-state index >= 15 is 4.39 Å². The molecule has 0 saturated carbocycles. The van der Waals surface area contributed by atoms with Crippen LogP contribution in [0.15, 0.2) is 55.0 Å². The van der Waals surface area contributed by atoms with Crippen LogP contribution >= 0.6 is 0 Å². The van der Waals surface area contributed by atoms with Crippen LogP contribution in [-0.2, 0) is 24.7 Å². The number of hydrogen-bond acceptors (Lipinski definition) is 5. The normalized spacial score (nSPS) is 12.8. The lowest BCUT2D eigenvalue weighted by Crippen LogP contribution is -2.13. The molecular formula is C31H27FN4O3. The Kier molecular flexibility index (Phi) is 6.10. The second-order valence-electron chi connectivity index (χ2n) is 9.90. The smallest absolute Gasteiger partial charge is 0.307 e. The minimum absolute atomic E-state index is 0.218. The summed E-state index contributed by atoms with van der Waals surface area (Å²) in [5.41, 5.74) is 8.59. The van der Waals surface area contributed by atoms with E-state index in [0.29, 0.717) is 46.8 Å². The summed E-state index contributed by atoms with van der Waals surface area (Å²) >= 11 is 0. The number of carboxylic acid groups (broad SMARTS) is 1. The van der Waals surface area contributed by atoms with Crippen molar-refractivity contribution >= 4 is 17.0 Å². The van der Waals surface area contributed by atoms with Crippen LogP contribution in [0, 0.1) is 19.7 Å². The third-order valence-corrected chi connectivity index (χ3v) is 7.55. The first-order chi connectivity index (χ1) is 18.8. The van der Waals surface area contributed by atoms with Crippen molar-refractivity contribution in [2.45, 2.75) is 33.1 Å². The van der Waals surface area contributed by atoms with Crippen LogP contribution < -0.4 is 4.74 Å². The number of carboxylic acids is 1. The number of rotatable bonds is 5. The highest BCUT2D eigenvalue weighted by Crippen LogP contribution is 2.43. The van der Waals surface area contributed by atoms with Gasteiger partial charge in [-0.05, 0) is 85.3 Å². The van der Waals surface area contributed by atoms with E-state index in [9.17, 15) is 9.90 Å². The van der Waals surface area contributed by atoms with Gasteiger partial charge in [0, 0.05) is 53.4 Å². The van der Waals surface area contributed by atoms with Gasteiger partial charge in [0.2, 0.25) is 0 Å². The Morgan fingerprint density at radius 1 is 1.10 bits per heavy atom. The van der Waals surface area contributed by atoms with Crippen molar-refractivity contribution in [2.75, 3.05) is 6.61 Å². The third kappa shape index (κ3) is 4.22. The Balaban J connectivity index is 1.62. The number of hydrogen-bond donors (Lipinski definition) is 1. The summed E-state index contributed by atoms with van der Waals surface area (Å²) in [6.45, 7) is 4.26. The highest BCUT2D eigenvalue weighted by atomic mass is 19.1. The van der Waals surface area contributed by atoms with Gasteiger partial charge in [0.25, 0.3) is 0 Å². The topological polar surface area (TPSA) is 90.1 Å². The maximum absolute atomic E-state index is 15.4. The molecule has 0 aliphatic carbocycles. The predicted molar refractivity (Wildman–Crippen MR) is 147 cm³/mol. The molecule has 1 N–H and O–H groups in total. The van der Waals surface area contributed by atoms with Crippen molar-refractivity contribution < 1.29 is 19.0 Å². The zero-order valence-corrected chi connectivity index (χ0v) is 22.0. The predicted octanol–water partition coefficient (Wildman–Crippen LogP) is 6.07. The minimum Gasteiger partial charge on any atom is -0.490 e. The molecule has 7 nitrogen and oxygen atoms in total. The first kappa shape index (κ1) is 24.7. The third-order valence-electron chi connectivity index (χ3n) is 7.55. The second kappa shape index (κ2) is 9.62. The van der Waals surface area contributed by atoms with Gasteiger partial charge in [-0.2, -0.15) is 0 Å². The van der Waals surface area contributed by atoms with E-state index in [0.717, 1.165) is 45.4 Å². The number of benzene rings is 1. The lowest BCUT2D eigenvalue weighted by Gasteiger charge is -2.23. The number of aromatic nitrogens is 4. The summed E-state index contributed by atoms with van der Waals surface area (Å²) in [6.07, 6.45) is 6.53. The Morgan fingerprint density at radius 2 is 1.87 bits per heavy atom. The molecule has 8 heteroatoms. The standard InChI is InChI=1S/C31H27FN4O3/c1-17-21-5-4-12-39-30(21)25(32)14-22(17)29-23(16-28(37)38)18(2)35-31-24(29)15-27(36(31)3)20-8-11-34-26(13-20)19-6-9-33-10-7-19/h6-11,13-15H,4-5,12,16H2,1-3H3,(H,37,38). The molecule has 1 aromatic carbocycles. The second-order valence-corrected chi connectivity index (χ2v) is 9.90. The number of aliphatic carboxylic acids is 1. The summed E-state index contributed by atoms with van der Waals surface area (Å²) < 4.78 is 23.0. The molecule has 5 heterocycles. The first-order valence-corrected chi connectivity index (χ1v) is 12.9. The average Bonchev–Trinajstić information content (AvgIpc) is 3.27. The molecule has 0 fully saturated rings. The Labute approximate surface area is 225 Å². The molecule has 0 spiro atoms. The van der Waals surface area contributed by atoms with Crippen molar-refractivity contribution in [3.8, 4) is 39.4 Å². The van der Waals surface area contributed by atoms with Crippen LogP contribution in [0.2, 0.25) is 0 Å². The number of pyridine rings is 3. The Morgan fingerprint density at radius 3 is 2.64 bits per heavy atom. The summed E-state index contributed by atoms with van der Waals surface area (Å²) in [4.78, 5) is 25.4. The van der Waals surface area contributed by atoms with Crippen LogP contribution in [0.5, 0.6) is 5.75 Å². The molecule has 0 radical (unpaired) electrons. The maximum Gasteiger partial charge on any atom is 0.307 e. The average molecular weight is 523 g/mol. The van der Waals surface area contributed by atoms with Gasteiger partial charge in [0.05, 0.1) is 24.4 Å². The van der Waals surface area contributed by atoms with E-state index in [1.54, 1.807) is 18.6 Å². The van der Waals surface area contributed by atoms with E-state index in [4.69, 9.17) is 9.72 Å². The van der Waals surface area contributed by atoms with Crippen LogP contribution in [0.1, 0.15) is 28.8 Å². The summed E-state index contributed by atoms with van der Waals surface area (Å²) in [7, 11) is 1.94. The minimum atomic E-state index is -0.966. The summed E-state index contributed by atoms with van der Waals surface area (Å²) in [6, 6.07) is 11.3. The molecule has 6 rings (SSSR count). The van der Waals surface area contributed by atoms with Gasteiger partial charge in [0.1, 0.15) is 5.65 Å². The molecule has 5 aromatic rings. The van der Waals surface area contributed by atoms with E-state index < -0.39 is 11.8 Å². The van der Waals surface area contributed by atoms with Gasteiger partial charge in [-0.1, -0.05) is 0 Å². The molecule has 1 aliphatic heterocycles. The van der Waals surface area contributed by atoms with Crippen LogP contribution in [0.4, 0.5) is 4.39 Å². The van der Waals surface area contributed by atoms with Crippen molar-refractivity contribution in [2.24, 2.45) is 7.05 Å². The Bertz CT molecular complexity index is 1760. The van der Waals surface area contributed by atoms with Crippen molar-refractivity contribution in [1.82, 2.24) is 19.5 Å². The van der Waals surface area contributed by atoms with Crippen LogP contribution in [0.25, 0.3) is 44.7 Å². The number of ether oxygens (including phenoxy) is 1. The summed E-state index contributed by atoms with van der Waals surface area (Å²) in [5.74, 6) is -1.09. The van der Waals surface area contributed by atoms with E-state index in [1.807, 2.05) is 55.8 Å². The fourth-order valence-electron chi connectivity index (χ4n) is 5.62. The number of halogens is 1. The van der Waals surface area contributed by atoms with Crippen molar-refractivity contribution in [3.63, 3.8) is 0 Å². The monoisotopic (exact) mass is 522 g/mol. The van der Waals surface area contributed by atoms with Crippen molar-refractivity contribution in [3.05, 3.63) is 83.2 Å². The molecular weight excluding hydrogens is 495 g/mol. The molecule has 39 heavy (non-hydrogen) atoms. The lowest BCUT2D eigenvalue weighted by molar-refractivity contribution is -0.136. The Hall–Kier alpha value is -4.59. The van der Waals surface area contributed by atoms with E-state index in [-0.39, 0.29) is 6.42 Å². The summed E-state index contributed by atoms with van der Waals surface area (Å²) in [5, 5.41) is 10.6. The number of aryl methyl sites for hydroxylation is 2. The maximum atomic E-state index is 15.4. The number of nitrogens with zero attached hydrogens (tertiary/aromatic N) is 4. The molecule has 0 saturated heterocycles. The quantitative estimate of drug-likeness (QED) is 0.301. The fraction of sp³-hybridized carbons (Fsp3) is 0.226. The first-order valence-electron chi connectivity index (χ1n) is 12.9. The van der Waals surface area contributed by atoms with E-state index in [1.165, 1.54) is 6.07 Å². The van der Waals surface area contributed by atoms with Gasteiger partial charge in [-0.15, -0.1) is 0 Å². The zero-order chi connectivity index (χ0) is 27.3. The van der Waals surface area contributed by atoms with Crippen LogP contribution in [0.3, 0.4) is 0 Å². The lowest BCUT2D eigenvalue weighted by atomic mass is 9.87. The fourth-order valence-corrected chi connectivity index (χ4v) is 5.62. The molecule has 0 amide bonds. The molecule has 4 aromatic heterocycles. The van der Waals surface area contributed by atoms with Crippen LogP contribution in [-0.4, -0.2) is 37.2 Å². The van der Waals surface area contributed by atoms with Gasteiger partial charge >= 0.3 is 5.97 Å². The number of fused-ring (bicyclic) bond motifs is 2.